The normalized spacial score (nSPS) is 17.4. The predicted molar refractivity (Wildman–Crippen MR) is 103 cm³/mol. The zero-order valence-electron chi connectivity index (χ0n) is 14.3. The molecule has 0 saturated carbocycles. The van der Waals surface area contributed by atoms with Crippen LogP contribution < -0.4 is 5.56 Å². The number of hydrogen-bond acceptors (Lipinski definition) is 6. The first-order chi connectivity index (χ1) is 12.6. The Labute approximate surface area is 158 Å². The van der Waals surface area contributed by atoms with Gasteiger partial charge in [-0.05, 0) is 37.6 Å². The smallest absolute Gasteiger partial charge is 0.266 e. The number of nitrogens with one attached hydrogen (secondary N) is 1. The van der Waals surface area contributed by atoms with Gasteiger partial charge in [0.1, 0.15) is 10.7 Å². The molecule has 3 aromatic rings. The Morgan fingerprint density at radius 1 is 1.38 bits per heavy atom. The van der Waals surface area contributed by atoms with E-state index in [1.54, 1.807) is 16.8 Å². The Balaban J connectivity index is 1.72. The highest BCUT2D eigenvalue weighted by molar-refractivity contribution is 7.11. The van der Waals surface area contributed by atoms with Crippen LogP contribution in [0.4, 0.5) is 0 Å². The van der Waals surface area contributed by atoms with Gasteiger partial charge >= 0.3 is 0 Å². The minimum Gasteiger partial charge on any atom is -0.328 e. The van der Waals surface area contributed by atoms with E-state index >= 15 is 0 Å². The minimum atomic E-state index is -0.218. The summed E-state index contributed by atoms with van der Waals surface area (Å²) < 4.78 is 0. The molecular weight excluding hydrogens is 368 g/mol. The number of carbonyl (C=O) groups is 1. The molecule has 8 heteroatoms. The van der Waals surface area contributed by atoms with Crippen LogP contribution in [-0.2, 0) is 0 Å². The van der Waals surface area contributed by atoms with Crippen LogP contribution in [0.1, 0.15) is 46.5 Å². The molecule has 1 saturated heterocycles. The molecule has 0 spiro atoms. The highest BCUT2D eigenvalue weighted by atomic mass is 32.1. The monoisotopic (exact) mass is 386 g/mol. The molecule has 1 unspecified atom stereocenters. The third-order valence-corrected chi connectivity index (χ3v) is 6.20. The zero-order chi connectivity index (χ0) is 18.1. The number of likely N-dealkylation sites (tertiary alicyclic amines) is 1. The molecule has 1 aliphatic rings. The summed E-state index contributed by atoms with van der Waals surface area (Å²) in [7, 11) is 0. The first kappa shape index (κ1) is 17.1. The standard InChI is InChI=1S/C18H18N4O2S2/c1-11-16(26-10-19-11)18(24)22-6-3-2-4-14(22)17-20-13(8-15(23)21-17)12-5-7-25-9-12/h5,7-10,14H,2-4,6H2,1H3,(H,20,21,23). The van der Waals surface area contributed by atoms with Crippen molar-refractivity contribution in [2.24, 2.45) is 0 Å². The second-order valence-corrected chi connectivity index (χ2v) is 7.94. The van der Waals surface area contributed by atoms with Gasteiger partial charge in [-0.3, -0.25) is 9.59 Å². The largest absolute Gasteiger partial charge is 0.328 e. The van der Waals surface area contributed by atoms with Gasteiger partial charge in [0.15, 0.2) is 0 Å². The number of aryl methyl sites for hydroxylation is 1. The summed E-state index contributed by atoms with van der Waals surface area (Å²) in [4.78, 5) is 39.5. The summed E-state index contributed by atoms with van der Waals surface area (Å²) in [6.45, 7) is 2.51. The number of carbonyl (C=O) groups excluding carboxylic acids is 1. The van der Waals surface area contributed by atoms with Crippen molar-refractivity contribution in [1.29, 1.82) is 0 Å². The molecule has 134 valence electrons. The summed E-state index contributed by atoms with van der Waals surface area (Å²) in [6.07, 6.45) is 2.75. The molecule has 4 heterocycles. The molecule has 6 nitrogen and oxygen atoms in total. The first-order valence-corrected chi connectivity index (χ1v) is 10.3. The number of rotatable bonds is 3. The first-order valence-electron chi connectivity index (χ1n) is 8.48. The van der Waals surface area contributed by atoms with Gasteiger partial charge in [-0.15, -0.1) is 11.3 Å². The van der Waals surface area contributed by atoms with Gasteiger partial charge in [-0.1, -0.05) is 0 Å². The van der Waals surface area contributed by atoms with Gasteiger partial charge in [-0.2, -0.15) is 11.3 Å². The number of aromatic amines is 1. The van der Waals surface area contributed by atoms with E-state index < -0.39 is 0 Å². The van der Waals surface area contributed by atoms with Gasteiger partial charge in [0.2, 0.25) is 0 Å². The van der Waals surface area contributed by atoms with E-state index in [9.17, 15) is 9.59 Å². The Morgan fingerprint density at radius 3 is 3.00 bits per heavy atom. The van der Waals surface area contributed by atoms with Crippen LogP contribution in [0.25, 0.3) is 11.3 Å². The predicted octanol–water partition coefficient (Wildman–Crippen LogP) is 3.63. The lowest BCUT2D eigenvalue weighted by Gasteiger charge is -2.34. The number of piperidine rings is 1. The van der Waals surface area contributed by atoms with Gasteiger partial charge in [0.25, 0.3) is 11.5 Å². The molecule has 0 radical (unpaired) electrons. The second-order valence-electron chi connectivity index (χ2n) is 6.30. The molecule has 0 aliphatic carbocycles. The van der Waals surface area contributed by atoms with E-state index in [0.717, 1.165) is 30.5 Å². The molecular formula is C18H18N4O2S2. The molecule has 4 rings (SSSR count). The van der Waals surface area contributed by atoms with Crippen molar-refractivity contribution in [2.75, 3.05) is 6.54 Å². The molecule has 3 aromatic heterocycles. The average Bonchev–Trinajstić information content (AvgIpc) is 3.32. The van der Waals surface area contributed by atoms with Crippen molar-refractivity contribution in [1.82, 2.24) is 19.9 Å². The van der Waals surface area contributed by atoms with Crippen LogP contribution in [-0.4, -0.2) is 32.3 Å². The van der Waals surface area contributed by atoms with Crippen molar-refractivity contribution in [3.05, 3.63) is 55.2 Å². The third kappa shape index (κ3) is 3.22. The summed E-state index contributed by atoms with van der Waals surface area (Å²) in [5, 5.41) is 3.93. The topological polar surface area (TPSA) is 79.0 Å². The summed E-state index contributed by atoms with van der Waals surface area (Å²) in [5.74, 6) is 0.534. The highest BCUT2D eigenvalue weighted by Gasteiger charge is 2.32. The maximum atomic E-state index is 13.0. The molecule has 0 bridgehead atoms. The van der Waals surface area contributed by atoms with Crippen LogP contribution in [0.15, 0.2) is 33.2 Å². The molecule has 1 amide bonds. The molecule has 26 heavy (non-hydrogen) atoms. The number of H-pyrrole nitrogens is 1. The van der Waals surface area contributed by atoms with Gasteiger partial charge in [0, 0.05) is 23.6 Å². The fourth-order valence-electron chi connectivity index (χ4n) is 3.29. The Kier molecular flexibility index (Phi) is 4.69. The highest BCUT2D eigenvalue weighted by Crippen LogP contribution is 2.32. The van der Waals surface area contributed by atoms with E-state index in [1.165, 1.54) is 17.4 Å². The van der Waals surface area contributed by atoms with Gasteiger partial charge in [-0.25, -0.2) is 9.97 Å². The Hall–Kier alpha value is -2.32. The van der Waals surface area contributed by atoms with Crippen molar-refractivity contribution >= 4 is 28.6 Å². The fraction of sp³-hybridized carbons (Fsp3) is 0.333. The van der Waals surface area contributed by atoms with E-state index in [1.807, 2.05) is 28.7 Å². The average molecular weight is 387 g/mol. The number of thiophene rings is 1. The lowest BCUT2D eigenvalue weighted by atomic mass is 10.0. The Morgan fingerprint density at radius 2 is 2.27 bits per heavy atom. The molecule has 1 fully saturated rings. The zero-order valence-corrected chi connectivity index (χ0v) is 15.9. The van der Waals surface area contributed by atoms with E-state index in [4.69, 9.17) is 0 Å². The maximum Gasteiger partial charge on any atom is 0.266 e. The van der Waals surface area contributed by atoms with Crippen LogP contribution in [0.3, 0.4) is 0 Å². The van der Waals surface area contributed by atoms with E-state index in [2.05, 4.69) is 15.0 Å². The summed E-state index contributed by atoms with van der Waals surface area (Å²) in [6, 6.07) is 3.23. The van der Waals surface area contributed by atoms with E-state index in [-0.39, 0.29) is 17.5 Å². The lowest BCUT2D eigenvalue weighted by Crippen LogP contribution is -2.39. The minimum absolute atomic E-state index is 0.0294. The van der Waals surface area contributed by atoms with Crippen molar-refractivity contribution < 1.29 is 4.79 Å². The fourth-order valence-corrected chi connectivity index (χ4v) is 4.70. The van der Waals surface area contributed by atoms with Crippen LogP contribution in [0.5, 0.6) is 0 Å². The van der Waals surface area contributed by atoms with Crippen LogP contribution in [0.2, 0.25) is 0 Å². The third-order valence-electron chi connectivity index (χ3n) is 4.60. The van der Waals surface area contributed by atoms with Crippen LogP contribution in [0, 0.1) is 6.92 Å². The molecule has 1 aliphatic heterocycles. The maximum absolute atomic E-state index is 13.0. The molecule has 0 aromatic carbocycles. The number of aromatic nitrogens is 3. The van der Waals surface area contributed by atoms with Crippen molar-refractivity contribution in [3.63, 3.8) is 0 Å². The Bertz CT molecular complexity index is 977. The molecule has 1 atom stereocenters. The van der Waals surface area contributed by atoms with E-state index in [0.29, 0.717) is 22.9 Å². The lowest BCUT2D eigenvalue weighted by molar-refractivity contribution is 0.0603. The van der Waals surface area contributed by atoms with Crippen molar-refractivity contribution in [2.45, 2.75) is 32.2 Å². The SMILES string of the molecule is Cc1ncsc1C(=O)N1CCCCC1c1nc(-c2ccsc2)cc(=O)[nH]1. The van der Waals surface area contributed by atoms with Gasteiger partial charge in [0.05, 0.1) is 22.9 Å². The second kappa shape index (κ2) is 7.13. The van der Waals surface area contributed by atoms with Gasteiger partial charge < -0.3 is 9.88 Å². The van der Waals surface area contributed by atoms with Crippen LogP contribution >= 0.6 is 22.7 Å². The van der Waals surface area contributed by atoms with Crippen molar-refractivity contribution in [3.8, 4) is 11.3 Å². The number of nitrogens with zero attached hydrogens (tertiary/aromatic N) is 3. The summed E-state index contributed by atoms with van der Waals surface area (Å²) in [5.41, 5.74) is 3.82. The number of amides is 1. The quantitative estimate of drug-likeness (QED) is 0.745. The summed E-state index contributed by atoms with van der Waals surface area (Å²) >= 11 is 2.92. The number of hydrogen-bond donors (Lipinski definition) is 1. The molecule has 1 N–H and O–H groups in total. The number of thiazole rings is 1.